The van der Waals surface area contributed by atoms with Crippen LogP contribution in [-0.4, -0.2) is 66.4 Å². The Bertz CT molecular complexity index is 3040. The summed E-state index contributed by atoms with van der Waals surface area (Å²) in [7, 11) is -2.92. The number of rotatable bonds is 17. The van der Waals surface area contributed by atoms with Gasteiger partial charge in [-0.05, 0) is 63.9 Å². The zero-order valence-electron chi connectivity index (χ0n) is 37.7. The third kappa shape index (κ3) is 9.74. The van der Waals surface area contributed by atoms with Crippen molar-refractivity contribution in [1.82, 2.24) is 15.2 Å². The number of thiazole rings is 1. The molecule has 2 aliphatic rings. The number of hydrogen-bond acceptors (Lipinski definition) is 13. The minimum absolute atomic E-state index is 0.0583. The Morgan fingerprint density at radius 2 is 1.30 bits per heavy atom. The van der Waals surface area contributed by atoms with Gasteiger partial charge in [-0.15, -0.1) is 23.1 Å². The Kier molecular flexibility index (Phi) is 14.1. The minimum atomic E-state index is -4.23. The first-order chi connectivity index (χ1) is 34.1. The summed E-state index contributed by atoms with van der Waals surface area (Å²) in [4.78, 5) is 54.5. The van der Waals surface area contributed by atoms with Crippen molar-refractivity contribution in [3.05, 3.63) is 244 Å². The zero-order valence-corrected chi connectivity index (χ0v) is 40.1. The number of aromatic nitrogens is 1. The number of esters is 1. The lowest BCUT2D eigenvalue weighted by Gasteiger charge is -2.51. The Balaban J connectivity index is 0.988. The van der Waals surface area contributed by atoms with E-state index in [4.69, 9.17) is 18.7 Å². The van der Waals surface area contributed by atoms with E-state index in [1.54, 1.807) is 22.9 Å². The second-order valence-corrected chi connectivity index (χ2v) is 19.6. The highest BCUT2D eigenvalue weighted by atomic mass is 32.2. The Morgan fingerprint density at radius 3 is 1.83 bits per heavy atom. The van der Waals surface area contributed by atoms with E-state index < -0.39 is 57.0 Å². The first-order valence-corrected chi connectivity index (χ1v) is 25.3. The van der Waals surface area contributed by atoms with E-state index >= 15 is 0 Å². The van der Waals surface area contributed by atoms with Gasteiger partial charge >= 0.3 is 16.1 Å². The molecule has 1 fully saturated rings. The maximum absolute atomic E-state index is 14.6. The predicted octanol–water partition coefficient (Wildman–Crippen LogP) is 9.11. The number of anilines is 1. The van der Waals surface area contributed by atoms with Crippen LogP contribution < -0.4 is 10.6 Å². The maximum atomic E-state index is 14.6. The first kappa shape index (κ1) is 47.3. The lowest BCUT2D eigenvalue weighted by molar-refractivity contribution is -0.165. The van der Waals surface area contributed by atoms with Crippen molar-refractivity contribution in [1.29, 1.82) is 0 Å². The number of amides is 2. The van der Waals surface area contributed by atoms with Gasteiger partial charge in [-0.1, -0.05) is 175 Å². The summed E-state index contributed by atoms with van der Waals surface area (Å²) in [5, 5.41) is 13.6. The summed E-state index contributed by atoms with van der Waals surface area (Å²) >= 11 is 2.43. The predicted molar refractivity (Wildman–Crippen MR) is 270 cm³/mol. The molecule has 3 atom stereocenters. The molecule has 3 unspecified atom stereocenters. The number of fused-ring (bicyclic) bond motifs is 1. The molecule has 70 heavy (non-hydrogen) atoms. The minimum Gasteiger partial charge on any atom is -0.451 e. The SMILES string of the molecule is CON=C(C(=O)NC1C(=O)N2C(C(=O)OC(c3ccccc3)c3ccccc3)C(C=COS(=O)(=O)c3ccc(C)cc3)=CSC12)c1csc(NC(c2ccccc2)(c2ccccc2)c2ccccc2)n1. The number of carbonyl (C=O) groups is 3. The van der Waals surface area contributed by atoms with Crippen LogP contribution in [0.2, 0.25) is 0 Å². The monoisotopic (exact) mass is 987 g/mol. The lowest BCUT2D eigenvalue weighted by atomic mass is 9.77. The topological polar surface area (TPSA) is 166 Å². The van der Waals surface area contributed by atoms with Gasteiger partial charge in [0.1, 0.15) is 40.9 Å². The highest BCUT2D eigenvalue weighted by molar-refractivity contribution is 8.03. The second-order valence-electron chi connectivity index (χ2n) is 16.2. The number of ether oxygens (including phenoxy) is 1. The quantitative estimate of drug-likeness (QED) is 0.0170. The first-order valence-electron chi connectivity index (χ1n) is 22.0. The highest BCUT2D eigenvalue weighted by Gasteiger charge is 2.56. The Morgan fingerprint density at radius 1 is 0.771 bits per heavy atom. The molecule has 6 aromatic carbocycles. The van der Waals surface area contributed by atoms with Gasteiger partial charge in [0, 0.05) is 5.38 Å². The van der Waals surface area contributed by atoms with E-state index in [9.17, 15) is 22.8 Å². The molecular weight excluding hydrogens is 943 g/mol. The molecule has 0 bridgehead atoms. The zero-order chi connectivity index (χ0) is 48.7. The van der Waals surface area contributed by atoms with Crippen molar-refractivity contribution in [2.75, 3.05) is 12.4 Å². The molecular formula is C54H45N5O8S3. The van der Waals surface area contributed by atoms with E-state index in [2.05, 4.69) is 15.8 Å². The molecule has 0 radical (unpaired) electrons. The summed E-state index contributed by atoms with van der Waals surface area (Å²) in [5.41, 5.74) is 4.45. The van der Waals surface area contributed by atoms with Crippen molar-refractivity contribution in [2.45, 2.75) is 40.9 Å². The van der Waals surface area contributed by atoms with E-state index in [1.807, 2.05) is 159 Å². The molecule has 352 valence electrons. The smallest absolute Gasteiger partial charge is 0.338 e. The molecule has 9 rings (SSSR count). The van der Waals surface area contributed by atoms with Crippen LogP contribution in [0.15, 0.2) is 215 Å². The number of nitrogens with zero attached hydrogens (tertiary/aromatic N) is 3. The molecule has 2 N–H and O–H groups in total. The van der Waals surface area contributed by atoms with Crippen LogP contribution in [0, 0.1) is 6.92 Å². The molecule has 0 saturated carbocycles. The fourth-order valence-electron chi connectivity index (χ4n) is 8.38. The fourth-order valence-corrected chi connectivity index (χ4v) is 11.1. The third-order valence-corrected chi connectivity index (χ3v) is 14.9. The molecule has 0 aliphatic carbocycles. The van der Waals surface area contributed by atoms with Gasteiger partial charge in [-0.2, -0.15) is 8.42 Å². The van der Waals surface area contributed by atoms with Crippen LogP contribution in [-0.2, 0) is 43.8 Å². The van der Waals surface area contributed by atoms with Crippen LogP contribution in [0.25, 0.3) is 0 Å². The van der Waals surface area contributed by atoms with E-state index in [0.717, 1.165) is 40.3 Å². The van der Waals surface area contributed by atoms with Crippen LogP contribution in [0.1, 0.15) is 45.2 Å². The lowest BCUT2D eigenvalue weighted by Crippen LogP contribution is -2.74. The molecule has 3 heterocycles. The van der Waals surface area contributed by atoms with Gasteiger partial charge in [0.15, 0.2) is 23.0 Å². The molecule has 2 aliphatic heterocycles. The van der Waals surface area contributed by atoms with Gasteiger partial charge in [0.2, 0.25) is 5.91 Å². The number of thioether (sulfide) groups is 1. The van der Waals surface area contributed by atoms with Gasteiger partial charge in [-0.3, -0.25) is 9.59 Å². The van der Waals surface area contributed by atoms with Gasteiger partial charge < -0.3 is 29.3 Å². The van der Waals surface area contributed by atoms with Gasteiger partial charge in [-0.25, -0.2) is 9.78 Å². The summed E-state index contributed by atoms with van der Waals surface area (Å²) < 4.78 is 37.8. The number of carbonyl (C=O) groups excluding carboxylic acids is 3. The molecule has 1 aromatic heterocycles. The summed E-state index contributed by atoms with van der Waals surface area (Å²) in [5.74, 6) is -2.12. The summed E-state index contributed by atoms with van der Waals surface area (Å²) in [6.07, 6.45) is 1.42. The number of hydrogen-bond donors (Lipinski definition) is 2. The fraction of sp³-hybridized carbons (Fsp3) is 0.130. The average Bonchev–Trinajstić information content (AvgIpc) is 3.87. The molecule has 16 heteroatoms. The van der Waals surface area contributed by atoms with Gasteiger partial charge in [0.25, 0.3) is 5.91 Å². The summed E-state index contributed by atoms with van der Waals surface area (Å²) in [6.45, 7) is 1.83. The van der Waals surface area contributed by atoms with Crippen LogP contribution in [0.5, 0.6) is 0 Å². The Hall–Kier alpha value is -7.79. The van der Waals surface area contributed by atoms with Crippen molar-refractivity contribution in [3.8, 4) is 0 Å². The molecule has 2 amide bonds. The number of aryl methyl sites for hydroxylation is 1. The number of nitrogens with one attached hydrogen (secondary N) is 2. The Labute approximate surface area is 413 Å². The van der Waals surface area contributed by atoms with Crippen molar-refractivity contribution in [3.63, 3.8) is 0 Å². The molecule has 7 aromatic rings. The van der Waals surface area contributed by atoms with Crippen LogP contribution in [0.3, 0.4) is 0 Å². The van der Waals surface area contributed by atoms with E-state index in [0.29, 0.717) is 16.3 Å². The largest absolute Gasteiger partial charge is 0.451 e. The summed E-state index contributed by atoms with van der Waals surface area (Å²) in [6, 6.07) is 52.0. The van der Waals surface area contributed by atoms with E-state index in [-0.39, 0.29) is 21.9 Å². The highest BCUT2D eigenvalue weighted by Crippen LogP contribution is 2.43. The average molecular weight is 988 g/mol. The van der Waals surface area contributed by atoms with Crippen LogP contribution in [0.4, 0.5) is 5.13 Å². The maximum Gasteiger partial charge on any atom is 0.338 e. The number of benzene rings is 6. The molecule has 13 nitrogen and oxygen atoms in total. The molecule has 0 spiro atoms. The molecule has 1 saturated heterocycles. The number of oxime groups is 1. The second kappa shape index (κ2) is 20.8. The normalized spacial score (nSPS) is 17.0. The van der Waals surface area contributed by atoms with E-state index in [1.165, 1.54) is 41.6 Å². The van der Waals surface area contributed by atoms with Crippen molar-refractivity contribution in [2.24, 2.45) is 5.16 Å². The third-order valence-electron chi connectivity index (χ3n) is 11.8. The van der Waals surface area contributed by atoms with Gasteiger partial charge in [0.05, 0.1) is 0 Å². The van der Waals surface area contributed by atoms with Crippen molar-refractivity contribution < 1.29 is 36.6 Å². The number of β-lactam (4-membered cyclic amide) rings is 1. The van der Waals surface area contributed by atoms with Crippen LogP contribution >= 0.6 is 23.1 Å². The standard InChI is InChI=1S/C54H45N5O8S3/c1-36-28-30-43(31-29-36)70(63,64)66-33-32-39-34-68-51-46(50(61)59(51)47(39)52(62)67-48(37-18-8-3-9-19-37)38-20-10-4-11-21-38)56-49(60)45(58-65-2)44-35-69-53(55-44)57-54(40-22-12-5-13-23-40,41-24-14-6-15-25-41)42-26-16-7-17-27-42/h3-35,46-48,51H,1-2H3,(H,55,57)(H,56,60). The van der Waals surface area contributed by atoms with Crippen molar-refractivity contribution >= 4 is 61.8 Å².